The van der Waals surface area contributed by atoms with Crippen molar-refractivity contribution in [1.82, 2.24) is 14.9 Å². The summed E-state index contributed by atoms with van der Waals surface area (Å²) in [5, 5.41) is 3.05. The van der Waals surface area contributed by atoms with Gasteiger partial charge >= 0.3 is 0 Å². The summed E-state index contributed by atoms with van der Waals surface area (Å²) < 4.78 is 2.14. The fourth-order valence-corrected chi connectivity index (χ4v) is 3.62. The third-order valence-electron chi connectivity index (χ3n) is 5.11. The quantitative estimate of drug-likeness (QED) is 0.522. The van der Waals surface area contributed by atoms with Crippen LogP contribution in [-0.2, 0) is 13.1 Å². The number of rotatable bonds is 6. The molecule has 0 aliphatic heterocycles. The highest BCUT2D eigenvalue weighted by Gasteiger charge is 2.16. The first kappa shape index (κ1) is 18.7. The van der Waals surface area contributed by atoms with E-state index in [1.165, 1.54) is 0 Å². The van der Waals surface area contributed by atoms with Crippen LogP contribution in [0.3, 0.4) is 0 Å². The van der Waals surface area contributed by atoms with Gasteiger partial charge in [-0.05, 0) is 43.3 Å². The summed E-state index contributed by atoms with van der Waals surface area (Å²) in [5.74, 6) is 0.744. The number of carbonyl (C=O) groups is 1. The van der Waals surface area contributed by atoms with Gasteiger partial charge in [-0.25, -0.2) is 4.98 Å². The van der Waals surface area contributed by atoms with Crippen LogP contribution in [0.15, 0.2) is 78.9 Å². The lowest BCUT2D eigenvalue weighted by Gasteiger charge is -2.22. The number of imidazole rings is 1. The van der Waals surface area contributed by atoms with Crippen molar-refractivity contribution in [3.8, 4) is 0 Å². The number of aromatic nitrogens is 2. The summed E-state index contributed by atoms with van der Waals surface area (Å²) in [4.78, 5) is 19.7. The van der Waals surface area contributed by atoms with Gasteiger partial charge in [0.15, 0.2) is 0 Å². The lowest BCUT2D eigenvalue weighted by atomic mass is 10.1. The second-order valence-corrected chi connectivity index (χ2v) is 6.86. The molecule has 5 heteroatoms. The average Bonchev–Trinajstić information content (AvgIpc) is 3.15. The molecule has 3 aromatic carbocycles. The van der Waals surface area contributed by atoms with E-state index in [4.69, 9.17) is 4.98 Å². The highest BCUT2D eigenvalue weighted by molar-refractivity contribution is 6.00. The number of carbonyl (C=O) groups excluding carboxylic acids is 1. The highest BCUT2D eigenvalue weighted by Crippen LogP contribution is 2.26. The van der Waals surface area contributed by atoms with E-state index in [2.05, 4.69) is 22.9 Å². The van der Waals surface area contributed by atoms with Gasteiger partial charge in [0, 0.05) is 19.3 Å². The molecule has 1 heterocycles. The molecular formula is C24H24N4O. The minimum absolute atomic E-state index is 0.113. The molecule has 0 bridgehead atoms. The second-order valence-electron chi connectivity index (χ2n) is 6.86. The molecule has 0 saturated heterocycles. The van der Waals surface area contributed by atoms with Crippen LogP contribution in [-0.4, -0.2) is 22.5 Å². The van der Waals surface area contributed by atoms with Crippen LogP contribution in [0.5, 0.6) is 0 Å². The monoisotopic (exact) mass is 384 g/mol. The van der Waals surface area contributed by atoms with E-state index in [0.29, 0.717) is 12.1 Å². The summed E-state index contributed by atoms with van der Waals surface area (Å²) in [6.45, 7) is 3.27. The van der Waals surface area contributed by atoms with Gasteiger partial charge in [0.2, 0.25) is 0 Å². The Morgan fingerprint density at radius 3 is 2.45 bits per heavy atom. The number of benzene rings is 3. The zero-order chi connectivity index (χ0) is 20.2. The third kappa shape index (κ3) is 3.72. The molecule has 5 nitrogen and oxygen atoms in total. The number of nitrogens with one attached hydrogen (secondary N) is 1. The summed E-state index contributed by atoms with van der Waals surface area (Å²) in [6.07, 6.45) is 0. The minimum atomic E-state index is -0.113. The van der Waals surface area contributed by atoms with Crippen molar-refractivity contribution in [3.05, 3.63) is 90.3 Å². The number of amides is 1. The van der Waals surface area contributed by atoms with Gasteiger partial charge < -0.3 is 14.8 Å². The number of nitrogens with zero attached hydrogens (tertiary/aromatic N) is 3. The molecule has 29 heavy (non-hydrogen) atoms. The predicted molar refractivity (Wildman–Crippen MR) is 118 cm³/mol. The maximum atomic E-state index is 13.0. The van der Waals surface area contributed by atoms with E-state index < -0.39 is 0 Å². The molecule has 0 spiro atoms. The molecule has 0 saturated carbocycles. The Morgan fingerprint density at radius 2 is 1.66 bits per heavy atom. The van der Waals surface area contributed by atoms with Gasteiger partial charge in [-0.15, -0.1) is 0 Å². The van der Waals surface area contributed by atoms with E-state index in [1.807, 2.05) is 84.7 Å². The number of para-hydroxylation sites is 4. The van der Waals surface area contributed by atoms with Gasteiger partial charge in [0.05, 0.1) is 28.8 Å². The molecule has 4 aromatic rings. The lowest BCUT2D eigenvalue weighted by molar-refractivity contribution is 0.0950. The smallest absolute Gasteiger partial charge is 0.253 e. The largest absolute Gasteiger partial charge is 0.345 e. The van der Waals surface area contributed by atoms with Crippen molar-refractivity contribution < 1.29 is 4.79 Å². The maximum absolute atomic E-state index is 13.0. The Labute approximate surface area is 170 Å². The van der Waals surface area contributed by atoms with Gasteiger partial charge in [-0.2, -0.15) is 0 Å². The van der Waals surface area contributed by atoms with Crippen LogP contribution in [0.1, 0.15) is 23.1 Å². The Bertz CT molecular complexity index is 1130. The van der Waals surface area contributed by atoms with Crippen LogP contribution in [0, 0.1) is 0 Å². The van der Waals surface area contributed by atoms with E-state index in [0.717, 1.165) is 34.8 Å². The predicted octanol–water partition coefficient (Wildman–Crippen LogP) is 4.75. The van der Waals surface area contributed by atoms with E-state index >= 15 is 0 Å². The zero-order valence-electron chi connectivity index (χ0n) is 16.7. The molecule has 1 amide bonds. The van der Waals surface area contributed by atoms with E-state index in [9.17, 15) is 4.79 Å². The first-order chi connectivity index (χ1) is 14.2. The van der Waals surface area contributed by atoms with Crippen molar-refractivity contribution >= 4 is 28.3 Å². The Morgan fingerprint density at radius 1 is 0.966 bits per heavy atom. The second kappa shape index (κ2) is 8.19. The molecule has 146 valence electrons. The van der Waals surface area contributed by atoms with Crippen LogP contribution in [0.25, 0.3) is 11.0 Å². The molecule has 1 aromatic heterocycles. The zero-order valence-corrected chi connectivity index (χ0v) is 16.7. The Balaban J connectivity index is 1.57. The molecule has 0 aliphatic carbocycles. The topological polar surface area (TPSA) is 50.2 Å². The standard InChI is InChI=1S/C24H24N4O/c1-3-28-22-16-10-8-14-20(22)26-23(28)17-25-24(29)19-13-7-9-15-21(19)27(2)18-11-5-4-6-12-18/h4-16H,3,17H2,1-2H3,(H,25,29). The fraction of sp³-hybridized carbons (Fsp3) is 0.167. The molecule has 1 N–H and O–H groups in total. The van der Waals surface area contributed by atoms with Crippen molar-refractivity contribution in [2.75, 3.05) is 11.9 Å². The lowest BCUT2D eigenvalue weighted by Crippen LogP contribution is -2.26. The van der Waals surface area contributed by atoms with Gasteiger partial charge in [0.1, 0.15) is 5.82 Å². The van der Waals surface area contributed by atoms with E-state index in [1.54, 1.807) is 0 Å². The molecule has 0 aliphatic rings. The number of hydrogen-bond acceptors (Lipinski definition) is 3. The van der Waals surface area contributed by atoms with Crippen LogP contribution >= 0.6 is 0 Å². The van der Waals surface area contributed by atoms with Crippen molar-refractivity contribution in [2.45, 2.75) is 20.0 Å². The first-order valence-electron chi connectivity index (χ1n) is 9.79. The van der Waals surface area contributed by atoms with Crippen LogP contribution in [0.4, 0.5) is 11.4 Å². The van der Waals surface area contributed by atoms with Gasteiger partial charge in [0.25, 0.3) is 5.91 Å². The summed E-state index contributed by atoms with van der Waals surface area (Å²) in [5.41, 5.74) is 4.56. The summed E-state index contributed by atoms with van der Waals surface area (Å²) in [6, 6.07) is 25.7. The summed E-state index contributed by atoms with van der Waals surface area (Å²) >= 11 is 0. The molecule has 0 unspecified atom stereocenters. The molecule has 0 radical (unpaired) electrons. The molecule has 4 rings (SSSR count). The minimum Gasteiger partial charge on any atom is -0.345 e. The summed E-state index contributed by atoms with van der Waals surface area (Å²) in [7, 11) is 1.97. The van der Waals surface area contributed by atoms with Gasteiger partial charge in [-0.3, -0.25) is 4.79 Å². The molecular weight excluding hydrogens is 360 g/mol. The number of anilines is 2. The average molecular weight is 384 g/mol. The SMILES string of the molecule is CCn1c(CNC(=O)c2ccccc2N(C)c2ccccc2)nc2ccccc21. The van der Waals surface area contributed by atoms with E-state index in [-0.39, 0.29) is 5.91 Å². The van der Waals surface area contributed by atoms with Crippen LogP contribution < -0.4 is 10.2 Å². The molecule has 0 fully saturated rings. The number of aryl methyl sites for hydroxylation is 1. The van der Waals surface area contributed by atoms with Crippen molar-refractivity contribution in [2.24, 2.45) is 0 Å². The first-order valence-corrected chi connectivity index (χ1v) is 9.79. The Hall–Kier alpha value is -3.60. The Kier molecular flexibility index (Phi) is 5.29. The van der Waals surface area contributed by atoms with Crippen LogP contribution in [0.2, 0.25) is 0 Å². The maximum Gasteiger partial charge on any atom is 0.253 e. The van der Waals surface area contributed by atoms with Crippen molar-refractivity contribution in [1.29, 1.82) is 0 Å². The number of fused-ring (bicyclic) bond motifs is 1. The third-order valence-corrected chi connectivity index (χ3v) is 5.11. The number of hydrogen-bond donors (Lipinski definition) is 1. The highest BCUT2D eigenvalue weighted by atomic mass is 16.1. The van der Waals surface area contributed by atoms with Crippen molar-refractivity contribution in [3.63, 3.8) is 0 Å². The van der Waals surface area contributed by atoms with Gasteiger partial charge in [-0.1, -0.05) is 42.5 Å². The normalized spacial score (nSPS) is 10.8. The molecule has 0 atom stereocenters. The fourth-order valence-electron chi connectivity index (χ4n) is 3.62.